The first-order valence-corrected chi connectivity index (χ1v) is 3.90. The first-order chi connectivity index (χ1) is 5.42. The molecule has 0 aromatic carbocycles. The predicted octanol–water partition coefficient (Wildman–Crippen LogP) is -0.138. The van der Waals surface area contributed by atoms with Crippen molar-refractivity contribution in [2.24, 2.45) is 5.84 Å². The van der Waals surface area contributed by atoms with Gasteiger partial charge in [0.15, 0.2) is 0 Å². The summed E-state index contributed by atoms with van der Waals surface area (Å²) in [4.78, 5) is 0. The van der Waals surface area contributed by atoms with Crippen LogP contribution in [0.2, 0.25) is 0 Å². The molecule has 11 heavy (non-hydrogen) atoms. The van der Waals surface area contributed by atoms with Crippen molar-refractivity contribution in [2.75, 3.05) is 0 Å². The number of hydrazine groups is 1. The molecule has 0 saturated heterocycles. The van der Waals surface area contributed by atoms with Crippen LogP contribution in [0.3, 0.4) is 0 Å². The summed E-state index contributed by atoms with van der Waals surface area (Å²) in [5.74, 6) is 5.21. The summed E-state index contributed by atoms with van der Waals surface area (Å²) in [6.45, 7) is 0.672. The summed E-state index contributed by atoms with van der Waals surface area (Å²) < 4.78 is 0. The zero-order valence-corrected chi connectivity index (χ0v) is 6.35. The number of nitrogens with zero attached hydrogens (tertiary/aromatic N) is 1. The average molecular weight is 152 g/mol. The van der Waals surface area contributed by atoms with E-state index in [1.165, 1.54) is 17.7 Å². The van der Waals surface area contributed by atoms with E-state index in [9.17, 15) is 0 Å². The second kappa shape index (κ2) is 2.64. The van der Waals surface area contributed by atoms with E-state index < -0.39 is 0 Å². The van der Waals surface area contributed by atoms with Crippen LogP contribution in [0.15, 0.2) is 0 Å². The molecule has 1 heterocycles. The van der Waals surface area contributed by atoms with Gasteiger partial charge in [-0.15, -0.1) is 0 Å². The number of aryl methyl sites for hydroxylation is 1. The molecular weight excluding hydrogens is 140 g/mol. The Labute approximate surface area is 65.1 Å². The summed E-state index contributed by atoms with van der Waals surface area (Å²) in [6.07, 6.45) is 3.55. The van der Waals surface area contributed by atoms with E-state index in [0.717, 1.165) is 18.5 Å². The zero-order valence-electron chi connectivity index (χ0n) is 6.35. The molecule has 1 aliphatic carbocycles. The number of aromatic amines is 1. The topological polar surface area (TPSA) is 66.7 Å². The van der Waals surface area contributed by atoms with E-state index in [-0.39, 0.29) is 0 Å². The van der Waals surface area contributed by atoms with E-state index >= 15 is 0 Å². The maximum absolute atomic E-state index is 5.21. The minimum atomic E-state index is 0.672. The monoisotopic (exact) mass is 152 g/mol. The van der Waals surface area contributed by atoms with Crippen LogP contribution in [-0.4, -0.2) is 10.2 Å². The van der Waals surface area contributed by atoms with Gasteiger partial charge in [-0.3, -0.25) is 16.4 Å². The molecule has 0 aliphatic heterocycles. The molecule has 0 spiro atoms. The van der Waals surface area contributed by atoms with Crippen molar-refractivity contribution in [3.05, 3.63) is 17.0 Å². The Kier molecular flexibility index (Phi) is 1.63. The quantitative estimate of drug-likeness (QED) is 0.408. The molecule has 0 unspecified atom stereocenters. The first kappa shape index (κ1) is 6.82. The summed E-state index contributed by atoms with van der Waals surface area (Å²) in [6, 6.07) is 0. The number of nitrogens with two attached hydrogens (primary N) is 1. The van der Waals surface area contributed by atoms with E-state index in [2.05, 4.69) is 15.6 Å². The van der Waals surface area contributed by atoms with Crippen LogP contribution in [0.5, 0.6) is 0 Å². The molecule has 0 amide bonds. The smallest absolute Gasteiger partial charge is 0.0808 e. The molecule has 4 N–H and O–H groups in total. The number of hydrogen-bond donors (Lipinski definition) is 3. The van der Waals surface area contributed by atoms with Crippen molar-refractivity contribution in [1.82, 2.24) is 15.6 Å². The fourth-order valence-electron chi connectivity index (χ4n) is 1.63. The molecule has 2 rings (SSSR count). The van der Waals surface area contributed by atoms with Gasteiger partial charge in [-0.05, 0) is 24.8 Å². The van der Waals surface area contributed by atoms with Gasteiger partial charge < -0.3 is 0 Å². The predicted molar refractivity (Wildman–Crippen MR) is 41.6 cm³/mol. The Morgan fingerprint density at radius 3 is 3.27 bits per heavy atom. The lowest BCUT2D eigenvalue weighted by molar-refractivity contribution is 0.707. The molecule has 0 radical (unpaired) electrons. The SMILES string of the molecule is NNCc1n[nH]c2c1CCC2. The van der Waals surface area contributed by atoms with Gasteiger partial charge in [0, 0.05) is 5.69 Å². The third-order valence-corrected chi connectivity index (χ3v) is 2.16. The fourth-order valence-corrected chi connectivity index (χ4v) is 1.63. The number of fused-ring (bicyclic) bond motifs is 1. The normalized spacial score (nSPS) is 15.4. The van der Waals surface area contributed by atoms with Crippen LogP contribution in [0.25, 0.3) is 0 Å². The Morgan fingerprint density at radius 2 is 2.45 bits per heavy atom. The summed E-state index contributed by atoms with van der Waals surface area (Å²) in [7, 11) is 0. The highest BCUT2D eigenvalue weighted by atomic mass is 15.2. The molecule has 4 heteroatoms. The maximum atomic E-state index is 5.21. The highest BCUT2D eigenvalue weighted by Gasteiger charge is 2.17. The molecule has 60 valence electrons. The van der Waals surface area contributed by atoms with Crippen LogP contribution in [0.1, 0.15) is 23.4 Å². The van der Waals surface area contributed by atoms with Crippen LogP contribution < -0.4 is 11.3 Å². The Hall–Kier alpha value is -0.870. The summed E-state index contributed by atoms with van der Waals surface area (Å²) in [5, 5.41) is 7.19. The van der Waals surface area contributed by atoms with Gasteiger partial charge in [0.2, 0.25) is 0 Å². The minimum absolute atomic E-state index is 0.672. The van der Waals surface area contributed by atoms with Crippen LogP contribution in [0, 0.1) is 0 Å². The van der Waals surface area contributed by atoms with E-state index in [4.69, 9.17) is 5.84 Å². The number of nitrogens with one attached hydrogen (secondary N) is 2. The van der Waals surface area contributed by atoms with Gasteiger partial charge in [-0.2, -0.15) is 5.10 Å². The van der Waals surface area contributed by atoms with Gasteiger partial charge in [0.05, 0.1) is 12.2 Å². The summed E-state index contributed by atoms with van der Waals surface area (Å²) in [5.41, 5.74) is 6.38. The Morgan fingerprint density at radius 1 is 1.55 bits per heavy atom. The van der Waals surface area contributed by atoms with Crippen molar-refractivity contribution < 1.29 is 0 Å². The third kappa shape index (κ3) is 1.04. The van der Waals surface area contributed by atoms with E-state index in [0.29, 0.717) is 6.54 Å². The molecule has 1 aromatic rings. The van der Waals surface area contributed by atoms with Crippen molar-refractivity contribution >= 4 is 0 Å². The van der Waals surface area contributed by atoms with Crippen molar-refractivity contribution in [2.45, 2.75) is 25.8 Å². The Bertz CT molecular complexity index is 253. The van der Waals surface area contributed by atoms with Gasteiger partial charge in [-0.25, -0.2) is 0 Å². The first-order valence-electron chi connectivity index (χ1n) is 3.90. The third-order valence-electron chi connectivity index (χ3n) is 2.16. The average Bonchev–Trinajstić information content (AvgIpc) is 2.53. The van der Waals surface area contributed by atoms with Gasteiger partial charge in [0.1, 0.15) is 0 Å². The van der Waals surface area contributed by atoms with Gasteiger partial charge in [-0.1, -0.05) is 0 Å². The van der Waals surface area contributed by atoms with Crippen LogP contribution in [0.4, 0.5) is 0 Å². The molecular formula is C7H12N4. The van der Waals surface area contributed by atoms with E-state index in [1.54, 1.807) is 0 Å². The standard InChI is InChI=1S/C7H12N4/c8-9-4-7-5-2-1-3-6(5)10-11-7/h9H,1-4,8H2,(H,10,11). The van der Waals surface area contributed by atoms with Gasteiger partial charge >= 0.3 is 0 Å². The number of rotatable bonds is 2. The lowest BCUT2D eigenvalue weighted by atomic mass is 10.2. The Balaban J connectivity index is 2.27. The van der Waals surface area contributed by atoms with Crippen LogP contribution >= 0.6 is 0 Å². The number of H-pyrrole nitrogens is 1. The second-order valence-electron chi connectivity index (χ2n) is 2.86. The lowest BCUT2D eigenvalue weighted by Crippen LogP contribution is -2.21. The minimum Gasteiger partial charge on any atom is -0.282 e. The fraction of sp³-hybridized carbons (Fsp3) is 0.571. The molecule has 1 aliphatic rings. The van der Waals surface area contributed by atoms with E-state index in [1.807, 2.05) is 0 Å². The number of hydrogen-bond acceptors (Lipinski definition) is 3. The largest absolute Gasteiger partial charge is 0.282 e. The highest BCUT2D eigenvalue weighted by molar-refractivity contribution is 5.29. The zero-order chi connectivity index (χ0) is 7.68. The molecule has 4 nitrogen and oxygen atoms in total. The van der Waals surface area contributed by atoms with Crippen molar-refractivity contribution in [3.63, 3.8) is 0 Å². The molecule has 0 atom stereocenters. The molecule has 0 bridgehead atoms. The van der Waals surface area contributed by atoms with Gasteiger partial charge in [0.25, 0.3) is 0 Å². The summed E-state index contributed by atoms with van der Waals surface area (Å²) >= 11 is 0. The highest BCUT2D eigenvalue weighted by Crippen LogP contribution is 2.22. The van der Waals surface area contributed by atoms with Crippen molar-refractivity contribution in [1.29, 1.82) is 0 Å². The molecule has 0 fully saturated rings. The van der Waals surface area contributed by atoms with Crippen LogP contribution in [-0.2, 0) is 19.4 Å². The molecule has 1 aromatic heterocycles. The number of aromatic nitrogens is 2. The second-order valence-corrected chi connectivity index (χ2v) is 2.86. The molecule has 0 saturated carbocycles. The van der Waals surface area contributed by atoms with Crippen molar-refractivity contribution in [3.8, 4) is 0 Å². The lowest BCUT2D eigenvalue weighted by Gasteiger charge is -1.95. The maximum Gasteiger partial charge on any atom is 0.0808 e.